The summed E-state index contributed by atoms with van der Waals surface area (Å²) in [6.45, 7) is 3.53. The van der Waals surface area contributed by atoms with Crippen LogP contribution in [0.2, 0.25) is 0 Å². The zero-order chi connectivity index (χ0) is 13.7. The molecule has 0 fully saturated rings. The van der Waals surface area contributed by atoms with Crippen LogP contribution in [0.1, 0.15) is 29.3 Å². The van der Waals surface area contributed by atoms with Crippen molar-refractivity contribution in [1.29, 1.82) is 0 Å². The largest absolute Gasteiger partial charge is 0.496 e. The van der Waals surface area contributed by atoms with Crippen LogP contribution in [0.15, 0.2) is 18.2 Å². The monoisotopic (exact) mass is 251 g/mol. The van der Waals surface area contributed by atoms with Crippen molar-refractivity contribution in [3.8, 4) is 5.75 Å². The number of carboxylic acids is 1. The first kappa shape index (κ1) is 14.0. The standard InChI is InChI=1S/C13H17NO4/c1-4-10(13(16)17)14-12(15)9-5-6-11(18-3)8(2)7-9/h5-7,10H,4H2,1-3H3,(H,14,15)(H,16,17). The van der Waals surface area contributed by atoms with Gasteiger partial charge in [0.25, 0.3) is 5.91 Å². The highest BCUT2D eigenvalue weighted by Crippen LogP contribution is 2.18. The summed E-state index contributed by atoms with van der Waals surface area (Å²) < 4.78 is 5.09. The number of carbonyl (C=O) groups excluding carboxylic acids is 1. The summed E-state index contributed by atoms with van der Waals surface area (Å²) in [5.74, 6) is -0.733. The van der Waals surface area contributed by atoms with Crippen molar-refractivity contribution >= 4 is 11.9 Å². The predicted molar refractivity (Wildman–Crippen MR) is 66.9 cm³/mol. The van der Waals surface area contributed by atoms with Gasteiger partial charge in [0, 0.05) is 5.56 Å². The fourth-order valence-corrected chi connectivity index (χ4v) is 1.60. The molecule has 0 aliphatic heterocycles. The van der Waals surface area contributed by atoms with E-state index < -0.39 is 17.9 Å². The third-order valence-electron chi connectivity index (χ3n) is 2.67. The molecule has 0 aromatic heterocycles. The Balaban J connectivity index is 2.84. The number of methoxy groups -OCH3 is 1. The molecule has 1 unspecified atom stereocenters. The minimum Gasteiger partial charge on any atom is -0.496 e. The summed E-state index contributed by atoms with van der Waals surface area (Å²) in [5, 5.41) is 11.3. The molecule has 0 saturated heterocycles. The number of carbonyl (C=O) groups is 2. The first-order valence-corrected chi connectivity index (χ1v) is 5.67. The van der Waals surface area contributed by atoms with Crippen LogP contribution in [0.25, 0.3) is 0 Å². The van der Waals surface area contributed by atoms with Crippen LogP contribution in [0.3, 0.4) is 0 Å². The molecule has 1 rings (SSSR count). The molecule has 0 heterocycles. The zero-order valence-corrected chi connectivity index (χ0v) is 10.7. The normalized spacial score (nSPS) is 11.7. The molecule has 2 N–H and O–H groups in total. The number of ether oxygens (including phenoxy) is 1. The van der Waals surface area contributed by atoms with Crippen LogP contribution >= 0.6 is 0 Å². The van der Waals surface area contributed by atoms with Crippen LogP contribution in [-0.2, 0) is 4.79 Å². The smallest absolute Gasteiger partial charge is 0.326 e. The lowest BCUT2D eigenvalue weighted by Crippen LogP contribution is -2.40. The first-order chi connectivity index (χ1) is 8.49. The van der Waals surface area contributed by atoms with Crippen molar-refractivity contribution in [2.45, 2.75) is 26.3 Å². The van der Waals surface area contributed by atoms with Gasteiger partial charge in [0.15, 0.2) is 0 Å². The van der Waals surface area contributed by atoms with E-state index in [4.69, 9.17) is 9.84 Å². The van der Waals surface area contributed by atoms with Crippen LogP contribution in [0.4, 0.5) is 0 Å². The molecule has 5 heteroatoms. The lowest BCUT2D eigenvalue weighted by molar-refractivity contribution is -0.139. The number of hydrogen-bond acceptors (Lipinski definition) is 3. The lowest BCUT2D eigenvalue weighted by Gasteiger charge is -2.13. The summed E-state index contributed by atoms with van der Waals surface area (Å²) in [7, 11) is 1.56. The topological polar surface area (TPSA) is 75.6 Å². The highest BCUT2D eigenvalue weighted by Gasteiger charge is 2.18. The highest BCUT2D eigenvalue weighted by atomic mass is 16.5. The van der Waals surface area contributed by atoms with E-state index >= 15 is 0 Å². The average molecular weight is 251 g/mol. The molecule has 0 saturated carbocycles. The minimum absolute atomic E-state index is 0.343. The van der Waals surface area contributed by atoms with Gasteiger partial charge in [0.2, 0.25) is 0 Å². The lowest BCUT2D eigenvalue weighted by atomic mass is 10.1. The third kappa shape index (κ3) is 3.23. The van der Waals surface area contributed by atoms with Crippen molar-refractivity contribution in [2.75, 3.05) is 7.11 Å². The fourth-order valence-electron chi connectivity index (χ4n) is 1.60. The second-order valence-electron chi connectivity index (χ2n) is 3.96. The maximum absolute atomic E-state index is 11.9. The van der Waals surface area contributed by atoms with Crippen LogP contribution in [-0.4, -0.2) is 30.1 Å². The summed E-state index contributed by atoms with van der Waals surface area (Å²) in [6, 6.07) is 4.10. The van der Waals surface area contributed by atoms with E-state index in [-0.39, 0.29) is 0 Å². The molecule has 1 atom stereocenters. The molecule has 0 radical (unpaired) electrons. The third-order valence-corrected chi connectivity index (χ3v) is 2.67. The van der Waals surface area contributed by atoms with Gasteiger partial charge < -0.3 is 15.2 Å². The van der Waals surface area contributed by atoms with Gasteiger partial charge in [-0.3, -0.25) is 4.79 Å². The van der Waals surface area contributed by atoms with Crippen molar-refractivity contribution in [1.82, 2.24) is 5.32 Å². The Bertz CT molecular complexity index is 456. The number of carboxylic acid groups (broad SMARTS) is 1. The summed E-state index contributed by atoms with van der Waals surface area (Å²) in [4.78, 5) is 22.7. The molecular formula is C13H17NO4. The maximum Gasteiger partial charge on any atom is 0.326 e. The highest BCUT2D eigenvalue weighted by molar-refractivity contribution is 5.96. The molecule has 1 aromatic rings. The summed E-state index contributed by atoms with van der Waals surface area (Å²) >= 11 is 0. The molecular weight excluding hydrogens is 234 g/mol. The number of nitrogens with one attached hydrogen (secondary N) is 1. The van der Waals surface area contributed by atoms with E-state index in [9.17, 15) is 9.59 Å². The number of hydrogen-bond donors (Lipinski definition) is 2. The molecule has 0 bridgehead atoms. The van der Waals surface area contributed by atoms with E-state index in [2.05, 4.69) is 5.32 Å². The number of aliphatic carboxylic acids is 1. The van der Waals surface area contributed by atoms with E-state index in [0.29, 0.717) is 17.7 Å². The molecule has 1 aromatic carbocycles. The van der Waals surface area contributed by atoms with Crippen LogP contribution in [0.5, 0.6) is 5.75 Å². The number of amides is 1. The van der Waals surface area contributed by atoms with Crippen LogP contribution < -0.4 is 10.1 Å². The Morgan fingerprint density at radius 2 is 2.11 bits per heavy atom. The van der Waals surface area contributed by atoms with Crippen molar-refractivity contribution in [2.24, 2.45) is 0 Å². The summed E-state index contributed by atoms with van der Waals surface area (Å²) in [5.41, 5.74) is 1.25. The summed E-state index contributed by atoms with van der Waals surface area (Å²) in [6.07, 6.45) is 0.343. The van der Waals surface area contributed by atoms with Gasteiger partial charge in [-0.15, -0.1) is 0 Å². The van der Waals surface area contributed by atoms with Gasteiger partial charge in [0.1, 0.15) is 11.8 Å². The Labute approximate surface area is 106 Å². The Morgan fingerprint density at radius 3 is 2.56 bits per heavy atom. The predicted octanol–water partition coefficient (Wildman–Crippen LogP) is 1.60. The molecule has 98 valence electrons. The SMILES string of the molecule is CCC(NC(=O)c1ccc(OC)c(C)c1)C(=O)O. The molecule has 18 heavy (non-hydrogen) atoms. The van der Waals surface area contributed by atoms with Gasteiger partial charge in [-0.1, -0.05) is 6.92 Å². The van der Waals surface area contributed by atoms with Crippen molar-refractivity contribution in [3.05, 3.63) is 29.3 Å². The van der Waals surface area contributed by atoms with Crippen molar-refractivity contribution < 1.29 is 19.4 Å². The van der Waals surface area contributed by atoms with Crippen molar-refractivity contribution in [3.63, 3.8) is 0 Å². The zero-order valence-electron chi connectivity index (χ0n) is 10.7. The van der Waals surface area contributed by atoms with Gasteiger partial charge >= 0.3 is 5.97 Å². The van der Waals surface area contributed by atoms with E-state index in [1.165, 1.54) is 0 Å². The average Bonchev–Trinajstić information content (AvgIpc) is 2.35. The van der Waals surface area contributed by atoms with E-state index in [1.54, 1.807) is 32.2 Å². The Morgan fingerprint density at radius 1 is 1.44 bits per heavy atom. The van der Waals surface area contributed by atoms with Gasteiger partial charge in [-0.2, -0.15) is 0 Å². The van der Waals surface area contributed by atoms with Gasteiger partial charge in [0.05, 0.1) is 7.11 Å². The fraction of sp³-hybridized carbons (Fsp3) is 0.385. The van der Waals surface area contributed by atoms with E-state index in [1.807, 2.05) is 6.92 Å². The van der Waals surface area contributed by atoms with Gasteiger partial charge in [-0.25, -0.2) is 4.79 Å². The number of rotatable bonds is 5. The quantitative estimate of drug-likeness (QED) is 0.833. The molecule has 0 aliphatic carbocycles. The number of benzene rings is 1. The molecule has 0 aliphatic rings. The van der Waals surface area contributed by atoms with E-state index in [0.717, 1.165) is 5.56 Å². The molecule has 0 spiro atoms. The Kier molecular flexibility index (Phi) is 4.71. The number of aryl methyl sites for hydroxylation is 1. The second kappa shape index (κ2) is 6.05. The van der Waals surface area contributed by atoms with Gasteiger partial charge in [-0.05, 0) is 37.1 Å². The Hall–Kier alpha value is -2.04. The minimum atomic E-state index is -1.03. The maximum atomic E-state index is 11.9. The molecule has 1 amide bonds. The first-order valence-electron chi connectivity index (χ1n) is 5.67. The molecule has 5 nitrogen and oxygen atoms in total. The second-order valence-corrected chi connectivity index (χ2v) is 3.96. The van der Waals surface area contributed by atoms with Crippen LogP contribution in [0, 0.1) is 6.92 Å².